The van der Waals surface area contributed by atoms with Gasteiger partial charge in [0, 0.05) is 44.5 Å². The van der Waals surface area contributed by atoms with Crippen LogP contribution in [0.15, 0.2) is 54.6 Å². The fourth-order valence-electron chi connectivity index (χ4n) is 5.15. The summed E-state index contributed by atoms with van der Waals surface area (Å²) in [7, 11) is 1.82. The molecular formula is C25H27N5O3. The lowest BCUT2D eigenvalue weighted by atomic mass is 9.69. The number of amides is 3. The molecule has 2 fully saturated rings. The molecule has 0 radical (unpaired) electrons. The first-order chi connectivity index (χ1) is 16.0. The highest BCUT2D eigenvalue weighted by Crippen LogP contribution is 2.39. The number of rotatable bonds is 4. The van der Waals surface area contributed by atoms with Gasteiger partial charge in [0.25, 0.3) is 5.91 Å². The van der Waals surface area contributed by atoms with Gasteiger partial charge in [-0.3, -0.25) is 19.1 Å². The van der Waals surface area contributed by atoms with E-state index in [1.165, 1.54) is 0 Å². The zero-order valence-electron chi connectivity index (χ0n) is 18.6. The van der Waals surface area contributed by atoms with Gasteiger partial charge in [-0.15, -0.1) is 0 Å². The van der Waals surface area contributed by atoms with Crippen LogP contribution in [-0.2, 0) is 23.2 Å². The maximum absolute atomic E-state index is 13.5. The molecule has 2 saturated heterocycles. The largest absolute Gasteiger partial charge is 0.352 e. The Balaban J connectivity index is 1.41. The third kappa shape index (κ3) is 3.75. The second-order valence-corrected chi connectivity index (χ2v) is 8.95. The standard InChI is InChI=1S/C25H27N5O3/c1-29-19-10-6-5-9-18(19)22(28-29)23(32)30-14-12-20-25(16-30,13-11-21(31)27-20)24(33)26-15-17-7-3-2-4-8-17/h2-10,20H,11-16H2,1H3,(H,26,33)(H,27,31)/t20-,25+/m1/s1. The number of benzene rings is 2. The van der Waals surface area contributed by atoms with Crippen molar-refractivity contribution in [1.29, 1.82) is 0 Å². The number of likely N-dealkylation sites (tertiary alicyclic amines) is 1. The molecule has 8 heteroatoms. The maximum atomic E-state index is 13.5. The molecule has 2 aliphatic rings. The Morgan fingerprint density at radius 1 is 1.15 bits per heavy atom. The van der Waals surface area contributed by atoms with Crippen molar-refractivity contribution >= 4 is 28.6 Å². The number of hydrogen-bond donors (Lipinski definition) is 2. The number of para-hydroxylation sites is 1. The molecule has 2 aliphatic heterocycles. The molecule has 2 N–H and O–H groups in total. The van der Waals surface area contributed by atoms with Crippen molar-refractivity contribution in [3.8, 4) is 0 Å². The van der Waals surface area contributed by atoms with Gasteiger partial charge in [0.1, 0.15) is 0 Å². The molecule has 3 amide bonds. The first kappa shape index (κ1) is 21.2. The van der Waals surface area contributed by atoms with E-state index in [2.05, 4.69) is 15.7 Å². The monoisotopic (exact) mass is 445 g/mol. The van der Waals surface area contributed by atoms with Gasteiger partial charge in [0.2, 0.25) is 11.8 Å². The van der Waals surface area contributed by atoms with Gasteiger partial charge in [-0.25, -0.2) is 0 Å². The van der Waals surface area contributed by atoms with E-state index in [9.17, 15) is 14.4 Å². The summed E-state index contributed by atoms with van der Waals surface area (Å²) < 4.78 is 1.71. The van der Waals surface area contributed by atoms with Crippen molar-refractivity contribution in [2.24, 2.45) is 12.5 Å². The molecule has 170 valence electrons. The lowest BCUT2D eigenvalue weighted by Gasteiger charge is -2.49. The van der Waals surface area contributed by atoms with Crippen LogP contribution < -0.4 is 10.6 Å². The van der Waals surface area contributed by atoms with E-state index < -0.39 is 5.41 Å². The van der Waals surface area contributed by atoms with Gasteiger partial charge in [-0.1, -0.05) is 48.5 Å². The number of carbonyl (C=O) groups excluding carboxylic acids is 3. The number of carbonyl (C=O) groups is 3. The van der Waals surface area contributed by atoms with Gasteiger partial charge in [-0.05, 0) is 24.5 Å². The Labute approximate surface area is 191 Å². The fourth-order valence-corrected chi connectivity index (χ4v) is 5.15. The topological polar surface area (TPSA) is 96.3 Å². The quantitative estimate of drug-likeness (QED) is 0.642. The smallest absolute Gasteiger partial charge is 0.275 e. The summed E-state index contributed by atoms with van der Waals surface area (Å²) in [5.41, 5.74) is 1.42. The summed E-state index contributed by atoms with van der Waals surface area (Å²) in [6.07, 6.45) is 1.21. The second-order valence-electron chi connectivity index (χ2n) is 8.95. The Kier molecular flexibility index (Phi) is 5.36. The molecule has 0 saturated carbocycles. The lowest BCUT2D eigenvalue weighted by molar-refractivity contribution is -0.142. The molecule has 0 unspecified atom stereocenters. The molecule has 1 aromatic heterocycles. The summed E-state index contributed by atoms with van der Waals surface area (Å²) in [5, 5.41) is 11.3. The summed E-state index contributed by atoms with van der Waals surface area (Å²) in [5.74, 6) is -0.348. The van der Waals surface area contributed by atoms with Crippen LogP contribution in [0.3, 0.4) is 0 Å². The SMILES string of the molecule is Cn1nc(C(=O)N2CC[C@H]3NC(=O)CC[C@]3(C(=O)NCc3ccccc3)C2)c2ccccc21. The summed E-state index contributed by atoms with van der Waals surface area (Å²) in [6, 6.07) is 17.1. The zero-order valence-corrected chi connectivity index (χ0v) is 18.6. The number of piperidine rings is 2. The van der Waals surface area contributed by atoms with Gasteiger partial charge < -0.3 is 15.5 Å². The van der Waals surface area contributed by atoms with E-state index in [0.29, 0.717) is 31.6 Å². The van der Waals surface area contributed by atoms with Crippen molar-refractivity contribution in [1.82, 2.24) is 25.3 Å². The van der Waals surface area contributed by atoms with E-state index >= 15 is 0 Å². The number of hydrogen-bond acceptors (Lipinski definition) is 4. The van der Waals surface area contributed by atoms with Crippen LogP contribution in [0.25, 0.3) is 10.9 Å². The summed E-state index contributed by atoms with van der Waals surface area (Å²) >= 11 is 0. The van der Waals surface area contributed by atoms with Crippen LogP contribution >= 0.6 is 0 Å². The first-order valence-electron chi connectivity index (χ1n) is 11.3. The van der Waals surface area contributed by atoms with Crippen LogP contribution in [0.4, 0.5) is 0 Å². The minimum Gasteiger partial charge on any atom is -0.352 e. The number of aromatic nitrogens is 2. The number of nitrogens with zero attached hydrogens (tertiary/aromatic N) is 3. The summed E-state index contributed by atoms with van der Waals surface area (Å²) in [6.45, 7) is 1.12. The van der Waals surface area contributed by atoms with Gasteiger partial charge >= 0.3 is 0 Å². The van der Waals surface area contributed by atoms with Crippen molar-refractivity contribution in [3.63, 3.8) is 0 Å². The minimum absolute atomic E-state index is 0.0398. The second kappa shape index (κ2) is 8.35. The molecule has 5 rings (SSSR count). The molecule has 3 aromatic rings. The molecule has 0 aliphatic carbocycles. The molecule has 2 aromatic carbocycles. The number of fused-ring (bicyclic) bond motifs is 2. The van der Waals surface area contributed by atoms with Crippen molar-refractivity contribution in [2.75, 3.05) is 13.1 Å². The van der Waals surface area contributed by atoms with Crippen molar-refractivity contribution in [3.05, 3.63) is 65.9 Å². The van der Waals surface area contributed by atoms with E-state index in [1.807, 2.05) is 61.6 Å². The molecule has 33 heavy (non-hydrogen) atoms. The number of aryl methyl sites for hydroxylation is 1. The lowest BCUT2D eigenvalue weighted by Crippen LogP contribution is -2.66. The Morgan fingerprint density at radius 3 is 2.73 bits per heavy atom. The van der Waals surface area contributed by atoms with Crippen LogP contribution in [0.1, 0.15) is 35.3 Å². The first-order valence-corrected chi connectivity index (χ1v) is 11.3. The van der Waals surface area contributed by atoms with E-state index in [1.54, 1.807) is 9.58 Å². The predicted molar refractivity (Wildman–Crippen MR) is 123 cm³/mol. The molecule has 2 atom stereocenters. The molecular weight excluding hydrogens is 418 g/mol. The van der Waals surface area contributed by atoms with Crippen LogP contribution in [0.5, 0.6) is 0 Å². The highest BCUT2D eigenvalue weighted by Gasteiger charge is 2.53. The van der Waals surface area contributed by atoms with Gasteiger partial charge in [0.15, 0.2) is 5.69 Å². The average Bonchev–Trinajstić information content (AvgIpc) is 3.19. The molecule has 0 spiro atoms. The third-order valence-corrected chi connectivity index (χ3v) is 6.96. The summed E-state index contributed by atoms with van der Waals surface area (Å²) in [4.78, 5) is 40.9. The van der Waals surface area contributed by atoms with Crippen LogP contribution in [0, 0.1) is 5.41 Å². The normalized spacial score (nSPS) is 22.5. The van der Waals surface area contributed by atoms with E-state index in [-0.39, 0.29) is 36.7 Å². The predicted octanol–water partition coefficient (Wildman–Crippen LogP) is 2.00. The van der Waals surface area contributed by atoms with E-state index in [0.717, 1.165) is 16.5 Å². The molecule has 8 nitrogen and oxygen atoms in total. The Hall–Kier alpha value is -3.68. The van der Waals surface area contributed by atoms with Crippen molar-refractivity contribution in [2.45, 2.75) is 31.8 Å². The Bertz CT molecular complexity index is 1220. The highest BCUT2D eigenvalue weighted by atomic mass is 16.2. The van der Waals surface area contributed by atoms with Crippen LogP contribution in [0.2, 0.25) is 0 Å². The maximum Gasteiger partial charge on any atom is 0.275 e. The zero-order chi connectivity index (χ0) is 23.0. The highest BCUT2D eigenvalue weighted by molar-refractivity contribution is 6.05. The molecule has 0 bridgehead atoms. The van der Waals surface area contributed by atoms with E-state index in [4.69, 9.17) is 0 Å². The fraction of sp³-hybridized carbons (Fsp3) is 0.360. The van der Waals surface area contributed by atoms with Gasteiger partial charge in [-0.2, -0.15) is 5.10 Å². The van der Waals surface area contributed by atoms with Gasteiger partial charge in [0.05, 0.1) is 10.9 Å². The van der Waals surface area contributed by atoms with Crippen LogP contribution in [-0.4, -0.2) is 51.5 Å². The molecule has 3 heterocycles. The Morgan fingerprint density at radius 2 is 1.91 bits per heavy atom. The van der Waals surface area contributed by atoms with Crippen molar-refractivity contribution < 1.29 is 14.4 Å². The third-order valence-electron chi connectivity index (χ3n) is 6.96. The minimum atomic E-state index is -0.860. The average molecular weight is 446 g/mol. The number of nitrogens with one attached hydrogen (secondary N) is 2.